The van der Waals surface area contributed by atoms with E-state index in [1.54, 1.807) is 12.4 Å². The van der Waals surface area contributed by atoms with Crippen LogP contribution in [0.5, 0.6) is 5.88 Å². The number of likely N-dealkylation sites (tertiary alicyclic amines) is 1. The van der Waals surface area contributed by atoms with Gasteiger partial charge in [0.1, 0.15) is 11.5 Å². The fourth-order valence-electron chi connectivity index (χ4n) is 4.50. The molecule has 9 nitrogen and oxygen atoms in total. The molecule has 0 amide bonds. The van der Waals surface area contributed by atoms with Gasteiger partial charge in [-0.1, -0.05) is 12.1 Å². The number of ether oxygens (including phenoxy) is 1. The van der Waals surface area contributed by atoms with Crippen LogP contribution in [0.2, 0.25) is 0 Å². The van der Waals surface area contributed by atoms with Crippen LogP contribution in [-0.2, 0) is 0 Å². The standard InChI is InChI=1S/C26H25N7O2/c1-35-23-15-28-14-22(31-23)21-13-18-7-10-29-26(34)24(18)25(32-21)30-20-5-3-17(4-6-20)19-8-12-33(16-19)11-2-9-27/h3-7,10,13-15,19H,2,8,11-12,16H2,1H3,(H,29,34)(H,30,32). The van der Waals surface area contributed by atoms with E-state index in [2.05, 4.69) is 43.4 Å². The number of nitriles is 1. The SMILES string of the molecule is COc1cncc(-c2cc3cc[nH]c(=O)c3c(Nc3ccc(C4CCN(CCC#N)C4)cc3)n2)n1. The molecule has 1 unspecified atom stereocenters. The summed E-state index contributed by atoms with van der Waals surface area (Å²) in [7, 11) is 1.53. The van der Waals surface area contributed by atoms with E-state index in [0.29, 0.717) is 40.8 Å². The minimum atomic E-state index is -0.221. The summed E-state index contributed by atoms with van der Waals surface area (Å²) < 4.78 is 5.20. The van der Waals surface area contributed by atoms with Crippen LogP contribution >= 0.6 is 0 Å². The van der Waals surface area contributed by atoms with Crippen molar-refractivity contribution in [3.8, 4) is 23.3 Å². The van der Waals surface area contributed by atoms with Gasteiger partial charge in [-0.15, -0.1) is 0 Å². The van der Waals surface area contributed by atoms with Crippen LogP contribution in [0.4, 0.5) is 11.5 Å². The largest absolute Gasteiger partial charge is 0.480 e. The number of benzene rings is 1. The van der Waals surface area contributed by atoms with Crippen molar-refractivity contribution in [2.45, 2.75) is 18.8 Å². The van der Waals surface area contributed by atoms with Crippen molar-refractivity contribution in [1.29, 1.82) is 5.26 Å². The van der Waals surface area contributed by atoms with Gasteiger partial charge in [-0.25, -0.2) is 9.97 Å². The first-order chi connectivity index (χ1) is 17.1. The molecule has 35 heavy (non-hydrogen) atoms. The first-order valence-electron chi connectivity index (χ1n) is 11.5. The highest BCUT2D eigenvalue weighted by Crippen LogP contribution is 2.30. The zero-order chi connectivity index (χ0) is 24.2. The number of rotatable bonds is 7. The molecule has 2 N–H and O–H groups in total. The normalized spacial score (nSPS) is 15.7. The van der Waals surface area contributed by atoms with Crippen molar-refractivity contribution in [3.05, 3.63) is 70.9 Å². The summed E-state index contributed by atoms with van der Waals surface area (Å²) in [6.45, 7) is 2.82. The Labute approximate surface area is 202 Å². The molecule has 176 valence electrons. The Morgan fingerprint density at radius 2 is 2.06 bits per heavy atom. The number of H-pyrrole nitrogens is 1. The number of aromatic nitrogens is 4. The molecule has 5 rings (SSSR count). The van der Waals surface area contributed by atoms with Crippen LogP contribution in [0.1, 0.15) is 24.3 Å². The third kappa shape index (κ3) is 4.83. The molecule has 4 heterocycles. The third-order valence-electron chi connectivity index (χ3n) is 6.30. The topological polar surface area (TPSA) is 120 Å². The van der Waals surface area contributed by atoms with Crippen molar-refractivity contribution >= 4 is 22.3 Å². The van der Waals surface area contributed by atoms with E-state index < -0.39 is 0 Å². The summed E-state index contributed by atoms with van der Waals surface area (Å²) in [5.41, 5.74) is 3.01. The maximum Gasteiger partial charge on any atom is 0.259 e. The first kappa shape index (κ1) is 22.5. The van der Waals surface area contributed by atoms with E-state index in [0.717, 1.165) is 37.1 Å². The average Bonchev–Trinajstić information content (AvgIpc) is 3.37. The molecule has 4 aromatic rings. The van der Waals surface area contributed by atoms with E-state index in [9.17, 15) is 4.79 Å². The van der Waals surface area contributed by atoms with Gasteiger partial charge < -0.3 is 19.9 Å². The molecule has 9 heteroatoms. The maximum absolute atomic E-state index is 12.7. The Morgan fingerprint density at radius 3 is 2.86 bits per heavy atom. The Hall–Kier alpha value is -4.29. The third-order valence-corrected chi connectivity index (χ3v) is 6.30. The maximum atomic E-state index is 12.7. The van der Waals surface area contributed by atoms with Gasteiger partial charge in [0, 0.05) is 31.4 Å². The lowest BCUT2D eigenvalue weighted by Gasteiger charge is -2.15. The summed E-state index contributed by atoms with van der Waals surface area (Å²) in [6, 6.07) is 14.1. The fraction of sp³-hybridized carbons (Fsp3) is 0.269. The zero-order valence-corrected chi connectivity index (χ0v) is 19.4. The van der Waals surface area contributed by atoms with Gasteiger partial charge in [-0.3, -0.25) is 9.78 Å². The average molecular weight is 468 g/mol. The molecular formula is C26H25N7O2. The van der Waals surface area contributed by atoms with Crippen LogP contribution in [0, 0.1) is 11.3 Å². The lowest BCUT2D eigenvalue weighted by Crippen LogP contribution is -2.21. The van der Waals surface area contributed by atoms with Crippen molar-refractivity contribution in [2.75, 3.05) is 32.1 Å². The second-order valence-electron chi connectivity index (χ2n) is 8.52. The second-order valence-corrected chi connectivity index (χ2v) is 8.52. The number of methoxy groups -OCH3 is 1. The summed E-state index contributed by atoms with van der Waals surface area (Å²) in [4.78, 5) is 31.1. The quantitative estimate of drug-likeness (QED) is 0.421. The number of anilines is 2. The predicted octanol–water partition coefficient (Wildman–Crippen LogP) is 3.84. The van der Waals surface area contributed by atoms with Gasteiger partial charge in [-0.2, -0.15) is 5.26 Å². The summed E-state index contributed by atoms with van der Waals surface area (Å²) in [5.74, 6) is 1.29. The predicted molar refractivity (Wildman–Crippen MR) is 134 cm³/mol. The van der Waals surface area contributed by atoms with E-state index in [1.165, 1.54) is 18.9 Å². The highest BCUT2D eigenvalue weighted by atomic mass is 16.5. The summed E-state index contributed by atoms with van der Waals surface area (Å²) in [6.07, 6.45) is 6.41. The number of nitrogens with one attached hydrogen (secondary N) is 2. The van der Waals surface area contributed by atoms with Crippen LogP contribution < -0.4 is 15.6 Å². The number of nitrogens with zero attached hydrogens (tertiary/aromatic N) is 5. The molecule has 0 radical (unpaired) electrons. The number of aromatic amines is 1. The fourth-order valence-corrected chi connectivity index (χ4v) is 4.50. The summed E-state index contributed by atoms with van der Waals surface area (Å²) >= 11 is 0. The number of pyridine rings is 2. The first-order valence-corrected chi connectivity index (χ1v) is 11.5. The molecule has 1 aromatic carbocycles. The molecule has 1 saturated heterocycles. The molecule has 1 aliphatic rings. The lowest BCUT2D eigenvalue weighted by molar-refractivity contribution is 0.343. The second kappa shape index (κ2) is 9.91. The van der Waals surface area contributed by atoms with Crippen molar-refractivity contribution in [3.63, 3.8) is 0 Å². The van der Waals surface area contributed by atoms with Crippen molar-refractivity contribution < 1.29 is 4.74 Å². The molecule has 3 aromatic heterocycles. The van der Waals surface area contributed by atoms with Crippen LogP contribution in [0.25, 0.3) is 22.2 Å². The Balaban J connectivity index is 1.43. The summed E-state index contributed by atoms with van der Waals surface area (Å²) in [5, 5.41) is 13.4. The van der Waals surface area contributed by atoms with Crippen LogP contribution in [0.3, 0.4) is 0 Å². The van der Waals surface area contributed by atoms with Crippen molar-refractivity contribution in [2.24, 2.45) is 0 Å². The van der Waals surface area contributed by atoms with Crippen molar-refractivity contribution in [1.82, 2.24) is 24.8 Å². The van der Waals surface area contributed by atoms with E-state index in [-0.39, 0.29) is 5.56 Å². The zero-order valence-electron chi connectivity index (χ0n) is 19.4. The highest BCUT2D eigenvalue weighted by Gasteiger charge is 2.23. The molecule has 1 fully saturated rings. The van der Waals surface area contributed by atoms with Gasteiger partial charge in [-0.05, 0) is 54.1 Å². The van der Waals surface area contributed by atoms with Gasteiger partial charge in [0.05, 0.1) is 36.7 Å². The molecule has 0 saturated carbocycles. The Bertz CT molecular complexity index is 1440. The van der Waals surface area contributed by atoms with Crippen LogP contribution in [-0.4, -0.2) is 51.6 Å². The van der Waals surface area contributed by atoms with E-state index in [4.69, 9.17) is 15.0 Å². The van der Waals surface area contributed by atoms with E-state index >= 15 is 0 Å². The van der Waals surface area contributed by atoms with Gasteiger partial charge in [0.2, 0.25) is 5.88 Å². The smallest absolute Gasteiger partial charge is 0.259 e. The highest BCUT2D eigenvalue weighted by molar-refractivity contribution is 5.94. The minimum absolute atomic E-state index is 0.221. The Kier molecular flexibility index (Phi) is 6.37. The number of hydrogen-bond acceptors (Lipinski definition) is 8. The lowest BCUT2D eigenvalue weighted by atomic mass is 9.98. The molecule has 1 atom stereocenters. The molecular weight excluding hydrogens is 442 g/mol. The van der Waals surface area contributed by atoms with E-state index in [1.807, 2.05) is 24.3 Å². The Morgan fingerprint density at radius 1 is 1.20 bits per heavy atom. The molecule has 0 bridgehead atoms. The minimum Gasteiger partial charge on any atom is -0.480 e. The number of hydrogen-bond donors (Lipinski definition) is 2. The monoisotopic (exact) mass is 467 g/mol. The van der Waals surface area contributed by atoms with Gasteiger partial charge >= 0.3 is 0 Å². The molecule has 0 aliphatic carbocycles. The van der Waals surface area contributed by atoms with Gasteiger partial charge in [0.25, 0.3) is 5.56 Å². The number of fused-ring (bicyclic) bond motifs is 1. The molecule has 0 spiro atoms. The molecule has 1 aliphatic heterocycles. The van der Waals surface area contributed by atoms with Crippen LogP contribution in [0.15, 0.2) is 59.8 Å². The van der Waals surface area contributed by atoms with Gasteiger partial charge in [0.15, 0.2) is 0 Å².